The molecule has 0 aromatic heterocycles. The molecule has 2 atom stereocenters. The Hall–Kier alpha value is -1.22. The maximum Gasteiger partial charge on any atom is 0.161 e. The molecule has 3 nitrogen and oxygen atoms in total. The molecular formula is C18H29NO2. The zero-order valence-electron chi connectivity index (χ0n) is 13.7. The van der Waals surface area contributed by atoms with Gasteiger partial charge in [0.25, 0.3) is 0 Å². The molecule has 2 unspecified atom stereocenters. The summed E-state index contributed by atoms with van der Waals surface area (Å²) in [5.74, 6) is 2.56. The lowest BCUT2D eigenvalue weighted by molar-refractivity contribution is 0.278. The number of hydrogen-bond acceptors (Lipinski definition) is 3. The molecule has 1 saturated carbocycles. The Morgan fingerprint density at radius 2 is 2.05 bits per heavy atom. The highest BCUT2D eigenvalue weighted by Crippen LogP contribution is 2.29. The van der Waals surface area contributed by atoms with Gasteiger partial charge in [-0.25, -0.2) is 0 Å². The molecule has 2 rings (SSSR count). The van der Waals surface area contributed by atoms with Gasteiger partial charge in [0.2, 0.25) is 0 Å². The maximum absolute atomic E-state index is 5.56. The van der Waals surface area contributed by atoms with Crippen molar-refractivity contribution in [1.82, 2.24) is 5.32 Å². The number of ether oxygens (including phenoxy) is 2. The Balaban J connectivity index is 1.90. The summed E-state index contributed by atoms with van der Waals surface area (Å²) in [6.45, 7) is 5.87. The summed E-state index contributed by atoms with van der Waals surface area (Å²) in [7, 11) is 1.70. The third kappa shape index (κ3) is 4.63. The molecule has 1 fully saturated rings. The molecule has 0 bridgehead atoms. The summed E-state index contributed by atoms with van der Waals surface area (Å²) in [5, 5.41) is 3.71. The summed E-state index contributed by atoms with van der Waals surface area (Å²) >= 11 is 0. The molecule has 0 amide bonds. The molecular weight excluding hydrogens is 262 g/mol. The van der Waals surface area contributed by atoms with Crippen molar-refractivity contribution in [3.8, 4) is 11.5 Å². The van der Waals surface area contributed by atoms with E-state index in [2.05, 4.69) is 24.4 Å². The van der Waals surface area contributed by atoms with E-state index in [1.807, 2.05) is 13.0 Å². The van der Waals surface area contributed by atoms with Crippen LogP contribution in [0.1, 0.15) is 51.5 Å². The predicted molar refractivity (Wildman–Crippen MR) is 87.0 cm³/mol. The lowest BCUT2D eigenvalue weighted by atomic mass is 9.84. The van der Waals surface area contributed by atoms with Gasteiger partial charge in [0.05, 0.1) is 13.7 Å². The van der Waals surface area contributed by atoms with Crippen LogP contribution in [0.25, 0.3) is 0 Å². The summed E-state index contributed by atoms with van der Waals surface area (Å²) in [6.07, 6.45) is 6.72. The van der Waals surface area contributed by atoms with Gasteiger partial charge in [-0.05, 0) is 43.4 Å². The van der Waals surface area contributed by atoms with Gasteiger partial charge < -0.3 is 14.8 Å². The Morgan fingerprint density at radius 3 is 2.76 bits per heavy atom. The van der Waals surface area contributed by atoms with Gasteiger partial charge in [-0.2, -0.15) is 0 Å². The van der Waals surface area contributed by atoms with E-state index in [0.29, 0.717) is 12.6 Å². The molecule has 1 aromatic carbocycles. The highest BCUT2D eigenvalue weighted by Gasteiger charge is 2.20. The first-order chi connectivity index (χ1) is 10.3. The predicted octanol–water partition coefficient (Wildman–Crippen LogP) is 4.15. The molecule has 1 aliphatic carbocycles. The van der Waals surface area contributed by atoms with Crippen LogP contribution in [0.2, 0.25) is 0 Å². The molecule has 0 aliphatic heterocycles. The van der Waals surface area contributed by atoms with Gasteiger partial charge >= 0.3 is 0 Å². The Kier molecular flexibility index (Phi) is 6.37. The molecule has 0 radical (unpaired) electrons. The summed E-state index contributed by atoms with van der Waals surface area (Å²) in [5.41, 5.74) is 1.26. The van der Waals surface area contributed by atoms with Crippen LogP contribution in [0.3, 0.4) is 0 Å². The van der Waals surface area contributed by atoms with Crippen molar-refractivity contribution in [2.75, 3.05) is 13.7 Å². The van der Waals surface area contributed by atoms with Crippen LogP contribution >= 0.6 is 0 Å². The Labute approximate surface area is 129 Å². The van der Waals surface area contributed by atoms with E-state index >= 15 is 0 Å². The van der Waals surface area contributed by atoms with Crippen LogP contribution in [0.4, 0.5) is 0 Å². The van der Waals surface area contributed by atoms with E-state index in [0.717, 1.165) is 24.0 Å². The van der Waals surface area contributed by atoms with E-state index in [1.165, 1.54) is 37.7 Å². The van der Waals surface area contributed by atoms with Crippen molar-refractivity contribution in [3.05, 3.63) is 23.8 Å². The number of nitrogens with one attached hydrogen (secondary N) is 1. The average molecular weight is 291 g/mol. The average Bonchev–Trinajstić information content (AvgIpc) is 2.54. The van der Waals surface area contributed by atoms with E-state index in [4.69, 9.17) is 9.47 Å². The zero-order chi connectivity index (χ0) is 15.1. The first kappa shape index (κ1) is 16.2. The molecule has 0 heterocycles. The van der Waals surface area contributed by atoms with Crippen LogP contribution in [-0.4, -0.2) is 19.8 Å². The second-order valence-corrected chi connectivity index (χ2v) is 5.94. The molecule has 21 heavy (non-hydrogen) atoms. The molecule has 0 spiro atoms. The molecule has 1 N–H and O–H groups in total. The molecule has 1 aromatic rings. The SMILES string of the molecule is CCOc1ccc(CNC2CCCC(CC)C2)cc1OC. The topological polar surface area (TPSA) is 30.5 Å². The first-order valence-electron chi connectivity index (χ1n) is 8.29. The lowest BCUT2D eigenvalue weighted by Gasteiger charge is -2.29. The lowest BCUT2D eigenvalue weighted by Crippen LogP contribution is -2.33. The number of benzene rings is 1. The van der Waals surface area contributed by atoms with E-state index in [1.54, 1.807) is 7.11 Å². The van der Waals surface area contributed by atoms with Crippen LogP contribution < -0.4 is 14.8 Å². The molecule has 118 valence electrons. The van der Waals surface area contributed by atoms with Crippen molar-refractivity contribution in [2.45, 2.75) is 58.5 Å². The fraction of sp³-hybridized carbons (Fsp3) is 0.667. The van der Waals surface area contributed by atoms with Crippen molar-refractivity contribution in [2.24, 2.45) is 5.92 Å². The standard InChI is InChI=1S/C18H29NO2/c1-4-14-7-6-8-16(11-14)19-13-15-9-10-17(21-5-2)18(12-15)20-3/h9-10,12,14,16,19H,4-8,11,13H2,1-3H3. The summed E-state index contributed by atoms with van der Waals surface area (Å²) in [4.78, 5) is 0. The van der Waals surface area contributed by atoms with E-state index in [9.17, 15) is 0 Å². The minimum absolute atomic E-state index is 0.661. The fourth-order valence-corrected chi connectivity index (χ4v) is 3.21. The minimum Gasteiger partial charge on any atom is -0.493 e. The summed E-state index contributed by atoms with van der Waals surface area (Å²) < 4.78 is 11.0. The number of hydrogen-bond donors (Lipinski definition) is 1. The van der Waals surface area contributed by atoms with Crippen molar-refractivity contribution < 1.29 is 9.47 Å². The third-order valence-electron chi connectivity index (χ3n) is 4.48. The van der Waals surface area contributed by atoms with Crippen LogP contribution in [0, 0.1) is 5.92 Å². The molecule has 3 heteroatoms. The highest BCUT2D eigenvalue weighted by atomic mass is 16.5. The molecule has 0 saturated heterocycles. The zero-order valence-corrected chi connectivity index (χ0v) is 13.7. The number of methoxy groups -OCH3 is 1. The Bertz CT molecular complexity index is 433. The van der Waals surface area contributed by atoms with Gasteiger partial charge in [-0.15, -0.1) is 0 Å². The number of rotatable bonds is 7. The molecule has 1 aliphatic rings. The fourth-order valence-electron chi connectivity index (χ4n) is 3.21. The Morgan fingerprint density at radius 1 is 1.19 bits per heavy atom. The normalized spacial score (nSPS) is 22.0. The van der Waals surface area contributed by atoms with Gasteiger partial charge in [0, 0.05) is 12.6 Å². The van der Waals surface area contributed by atoms with E-state index < -0.39 is 0 Å². The smallest absolute Gasteiger partial charge is 0.161 e. The van der Waals surface area contributed by atoms with Gasteiger partial charge in [-0.1, -0.05) is 32.3 Å². The van der Waals surface area contributed by atoms with Crippen molar-refractivity contribution >= 4 is 0 Å². The second-order valence-electron chi connectivity index (χ2n) is 5.94. The quantitative estimate of drug-likeness (QED) is 0.818. The largest absolute Gasteiger partial charge is 0.493 e. The maximum atomic E-state index is 5.56. The van der Waals surface area contributed by atoms with Crippen LogP contribution in [-0.2, 0) is 6.54 Å². The first-order valence-corrected chi connectivity index (χ1v) is 8.29. The van der Waals surface area contributed by atoms with E-state index in [-0.39, 0.29) is 0 Å². The van der Waals surface area contributed by atoms with Gasteiger partial charge in [-0.3, -0.25) is 0 Å². The van der Waals surface area contributed by atoms with Crippen molar-refractivity contribution in [1.29, 1.82) is 0 Å². The van der Waals surface area contributed by atoms with Crippen LogP contribution in [0.5, 0.6) is 11.5 Å². The van der Waals surface area contributed by atoms with Gasteiger partial charge in [0.15, 0.2) is 11.5 Å². The van der Waals surface area contributed by atoms with Gasteiger partial charge in [0.1, 0.15) is 0 Å². The minimum atomic E-state index is 0.661. The summed E-state index contributed by atoms with van der Waals surface area (Å²) in [6, 6.07) is 6.88. The third-order valence-corrected chi connectivity index (χ3v) is 4.48. The highest BCUT2D eigenvalue weighted by molar-refractivity contribution is 5.42. The van der Waals surface area contributed by atoms with Crippen molar-refractivity contribution in [3.63, 3.8) is 0 Å². The second kappa shape index (κ2) is 8.28. The van der Waals surface area contributed by atoms with Crippen LogP contribution in [0.15, 0.2) is 18.2 Å². The monoisotopic (exact) mass is 291 g/mol.